The van der Waals surface area contributed by atoms with Crippen molar-refractivity contribution in [1.29, 1.82) is 0 Å². The quantitative estimate of drug-likeness (QED) is 0.369. The van der Waals surface area contributed by atoms with Gasteiger partial charge in [0.25, 0.3) is 0 Å². The van der Waals surface area contributed by atoms with E-state index in [0.717, 1.165) is 11.1 Å². The first-order valence-electron chi connectivity index (χ1n) is 8.25. The summed E-state index contributed by atoms with van der Waals surface area (Å²) in [6, 6.07) is 4.46. The molecule has 0 aliphatic heterocycles. The van der Waals surface area contributed by atoms with E-state index in [4.69, 9.17) is 4.74 Å². The first-order chi connectivity index (χ1) is 12.8. The van der Waals surface area contributed by atoms with Gasteiger partial charge < -0.3 is 20.7 Å². The van der Waals surface area contributed by atoms with Crippen LogP contribution in [0.15, 0.2) is 18.2 Å². The molecule has 0 radical (unpaired) electrons. The SMILES string of the molecule is Cc1cccc(C)c1C(=O)OCC(=O)CNC(=O)C(C)NC(=O)CNC=O. The standard InChI is InChI=1S/C18H23N3O6/c1-11-5-4-6-12(2)16(11)18(26)27-9-14(23)7-20-17(25)13(3)21-15(24)8-19-10-22/h4-6,10,13H,7-9H2,1-3H3,(H,19,22)(H,20,25)(H,21,24). The molecule has 1 aromatic carbocycles. The van der Waals surface area contributed by atoms with E-state index in [0.29, 0.717) is 12.0 Å². The molecule has 0 heterocycles. The van der Waals surface area contributed by atoms with Crippen molar-refractivity contribution in [2.45, 2.75) is 26.8 Å². The molecule has 3 amide bonds. The van der Waals surface area contributed by atoms with Crippen molar-refractivity contribution >= 4 is 30.0 Å². The highest BCUT2D eigenvalue weighted by atomic mass is 16.5. The minimum atomic E-state index is -0.893. The summed E-state index contributed by atoms with van der Waals surface area (Å²) in [6.45, 7) is 3.90. The smallest absolute Gasteiger partial charge is 0.339 e. The van der Waals surface area contributed by atoms with E-state index in [2.05, 4.69) is 16.0 Å². The van der Waals surface area contributed by atoms with Gasteiger partial charge in [0.1, 0.15) is 6.04 Å². The van der Waals surface area contributed by atoms with E-state index in [1.54, 1.807) is 26.0 Å². The van der Waals surface area contributed by atoms with Gasteiger partial charge in [-0.2, -0.15) is 0 Å². The normalized spacial score (nSPS) is 11.1. The Morgan fingerprint density at radius 2 is 1.74 bits per heavy atom. The van der Waals surface area contributed by atoms with Gasteiger partial charge in [-0.15, -0.1) is 0 Å². The zero-order chi connectivity index (χ0) is 20.4. The van der Waals surface area contributed by atoms with E-state index in [-0.39, 0.29) is 13.1 Å². The van der Waals surface area contributed by atoms with Gasteiger partial charge in [-0.1, -0.05) is 18.2 Å². The van der Waals surface area contributed by atoms with Crippen LogP contribution in [0.3, 0.4) is 0 Å². The van der Waals surface area contributed by atoms with Crippen LogP contribution in [-0.2, 0) is 23.9 Å². The highest BCUT2D eigenvalue weighted by Gasteiger charge is 2.18. The van der Waals surface area contributed by atoms with Gasteiger partial charge in [-0.3, -0.25) is 19.2 Å². The number of hydrogen-bond acceptors (Lipinski definition) is 6. The van der Waals surface area contributed by atoms with Crippen LogP contribution < -0.4 is 16.0 Å². The van der Waals surface area contributed by atoms with E-state index >= 15 is 0 Å². The summed E-state index contributed by atoms with van der Waals surface area (Å²) < 4.78 is 5.00. The Labute approximate surface area is 156 Å². The lowest BCUT2D eigenvalue weighted by molar-refractivity contribution is -0.130. The first-order valence-corrected chi connectivity index (χ1v) is 8.25. The van der Waals surface area contributed by atoms with Crippen LogP contribution in [0.5, 0.6) is 0 Å². The molecule has 27 heavy (non-hydrogen) atoms. The average molecular weight is 377 g/mol. The maximum Gasteiger partial charge on any atom is 0.339 e. The van der Waals surface area contributed by atoms with Crippen molar-refractivity contribution in [2.24, 2.45) is 0 Å². The number of aryl methyl sites for hydroxylation is 2. The minimum absolute atomic E-state index is 0.256. The molecule has 0 aliphatic rings. The fourth-order valence-corrected chi connectivity index (χ4v) is 2.24. The molecule has 1 aromatic rings. The lowest BCUT2D eigenvalue weighted by Crippen LogP contribution is -2.48. The number of ether oxygens (including phenoxy) is 1. The van der Waals surface area contributed by atoms with Crippen molar-refractivity contribution < 1.29 is 28.7 Å². The number of carbonyl (C=O) groups is 5. The van der Waals surface area contributed by atoms with Gasteiger partial charge >= 0.3 is 5.97 Å². The van der Waals surface area contributed by atoms with Crippen LogP contribution in [-0.4, -0.2) is 55.7 Å². The second kappa shape index (κ2) is 10.7. The van der Waals surface area contributed by atoms with Crippen molar-refractivity contribution in [1.82, 2.24) is 16.0 Å². The van der Waals surface area contributed by atoms with Crippen molar-refractivity contribution in [3.8, 4) is 0 Å². The molecule has 1 rings (SSSR count). The molecule has 0 aromatic heterocycles. The molecule has 0 saturated heterocycles. The summed E-state index contributed by atoms with van der Waals surface area (Å²) in [5.41, 5.74) is 1.90. The van der Waals surface area contributed by atoms with Gasteiger partial charge in [0.2, 0.25) is 18.2 Å². The number of hydrogen-bond donors (Lipinski definition) is 3. The Morgan fingerprint density at radius 1 is 1.11 bits per heavy atom. The Kier molecular flexibility index (Phi) is 8.64. The summed E-state index contributed by atoms with van der Waals surface area (Å²) >= 11 is 0. The average Bonchev–Trinajstić information content (AvgIpc) is 2.62. The second-order valence-corrected chi connectivity index (χ2v) is 5.89. The number of esters is 1. The molecule has 0 aliphatic carbocycles. The molecule has 0 spiro atoms. The summed E-state index contributed by atoms with van der Waals surface area (Å²) in [5, 5.41) is 6.86. The molecule has 0 bridgehead atoms. The van der Waals surface area contributed by atoms with Crippen LogP contribution in [0.25, 0.3) is 0 Å². The monoisotopic (exact) mass is 377 g/mol. The highest BCUT2D eigenvalue weighted by Crippen LogP contribution is 2.14. The van der Waals surface area contributed by atoms with E-state index in [1.165, 1.54) is 6.92 Å². The second-order valence-electron chi connectivity index (χ2n) is 5.89. The molecular formula is C18H23N3O6. The maximum absolute atomic E-state index is 12.1. The van der Waals surface area contributed by atoms with Gasteiger partial charge in [-0.25, -0.2) is 4.79 Å². The van der Waals surface area contributed by atoms with Crippen LogP contribution in [0.4, 0.5) is 0 Å². The fraction of sp³-hybridized carbons (Fsp3) is 0.389. The van der Waals surface area contributed by atoms with Crippen molar-refractivity contribution in [2.75, 3.05) is 19.7 Å². The zero-order valence-corrected chi connectivity index (χ0v) is 15.5. The number of rotatable bonds is 10. The number of nitrogens with one attached hydrogen (secondary N) is 3. The molecule has 9 nitrogen and oxygen atoms in total. The molecule has 0 fully saturated rings. The number of ketones is 1. The Hall–Kier alpha value is -3.23. The van der Waals surface area contributed by atoms with Crippen LogP contribution in [0, 0.1) is 13.8 Å². The predicted molar refractivity (Wildman–Crippen MR) is 95.9 cm³/mol. The molecule has 3 N–H and O–H groups in total. The molecular weight excluding hydrogens is 354 g/mol. The third-order valence-electron chi connectivity index (χ3n) is 3.63. The minimum Gasteiger partial charge on any atom is -0.454 e. The molecule has 146 valence electrons. The Balaban J connectivity index is 2.40. The third kappa shape index (κ3) is 7.27. The van der Waals surface area contributed by atoms with Crippen LogP contribution >= 0.6 is 0 Å². The van der Waals surface area contributed by atoms with E-state index in [1.807, 2.05) is 6.07 Å². The Morgan fingerprint density at radius 3 is 2.33 bits per heavy atom. The summed E-state index contributed by atoms with van der Waals surface area (Å²) in [7, 11) is 0. The lowest BCUT2D eigenvalue weighted by atomic mass is 10.0. The lowest BCUT2D eigenvalue weighted by Gasteiger charge is -2.14. The number of amides is 3. The van der Waals surface area contributed by atoms with E-state index in [9.17, 15) is 24.0 Å². The number of benzene rings is 1. The zero-order valence-electron chi connectivity index (χ0n) is 15.5. The van der Waals surface area contributed by atoms with Gasteiger partial charge in [0.15, 0.2) is 12.4 Å². The van der Waals surface area contributed by atoms with E-state index < -0.39 is 36.2 Å². The largest absolute Gasteiger partial charge is 0.454 e. The highest BCUT2D eigenvalue weighted by molar-refractivity contribution is 5.95. The number of Topliss-reactive ketones (excluding diaryl/α,β-unsaturated/α-hetero) is 1. The van der Waals surface area contributed by atoms with Crippen molar-refractivity contribution in [3.63, 3.8) is 0 Å². The number of carbonyl (C=O) groups excluding carboxylic acids is 5. The predicted octanol–water partition coefficient (Wildman–Crippen LogP) is -0.604. The maximum atomic E-state index is 12.1. The van der Waals surface area contributed by atoms with Crippen LogP contribution in [0.2, 0.25) is 0 Å². The molecule has 9 heteroatoms. The van der Waals surface area contributed by atoms with Crippen LogP contribution in [0.1, 0.15) is 28.4 Å². The molecule has 1 atom stereocenters. The van der Waals surface area contributed by atoms with Gasteiger partial charge in [0.05, 0.1) is 18.7 Å². The third-order valence-corrected chi connectivity index (χ3v) is 3.63. The summed E-state index contributed by atoms with van der Waals surface area (Å²) in [4.78, 5) is 57.2. The van der Waals surface area contributed by atoms with Gasteiger partial charge in [-0.05, 0) is 31.9 Å². The summed E-state index contributed by atoms with van der Waals surface area (Å²) in [5.74, 6) is -2.22. The first kappa shape index (κ1) is 21.8. The van der Waals surface area contributed by atoms with Gasteiger partial charge in [0, 0.05) is 0 Å². The fourth-order valence-electron chi connectivity index (χ4n) is 2.24. The Bertz CT molecular complexity index is 712. The molecule has 0 saturated carbocycles. The summed E-state index contributed by atoms with van der Waals surface area (Å²) in [6.07, 6.45) is 0.364. The molecule has 1 unspecified atom stereocenters. The van der Waals surface area contributed by atoms with Crippen molar-refractivity contribution in [3.05, 3.63) is 34.9 Å². The topological polar surface area (TPSA) is 131 Å².